The Morgan fingerprint density at radius 3 is 1.62 bits per heavy atom. The zero-order valence-electron chi connectivity index (χ0n) is 36.8. The first-order valence-corrected chi connectivity index (χ1v) is 23.0. The van der Waals surface area contributed by atoms with Crippen LogP contribution in [0.15, 0.2) is 229 Å². The number of hydrogen-bond acceptors (Lipinski definition) is 1. The average molecular weight is 833 g/mol. The van der Waals surface area contributed by atoms with E-state index in [1.807, 2.05) is 12.1 Å². The Bertz CT molecular complexity index is 3540. The van der Waals surface area contributed by atoms with E-state index >= 15 is 0 Å². The molecule has 1 atom stereocenters. The number of fused-ring (bicyclic) bond motifs is 7. The minimum atomic E-state index is -0.134. The number of benzene rings is 10. The molecular formula is C64H48O. The molecule has 1 nitrogen and oxygen atoms in total. The summed E-state index contributed by atoms with van der Waals surface area (Å²) in [5, 5.41) is 4.94. The molecule has 65 heavy (non-hydrogen) atoms. The van der Waals surface area contributed by atoms with Crippen LogP contribution in [0.5, 0.6) is 0 Å². The lowest BCUT2D eigenvalue weighted by molar-refractivity contribution is 0.655. The van der Waals surface area contributed by atoms with Gasteiger partial charge in [-0.05, 0) is 131 Å². The van der Waals surface area contributed by atoms with Gasteiger partial charge in [-0.3, -0.25) is 0 Å². The molecule has 1 aromatic heterocycles. The molecule has 1 aliphatic rings. The van der Waals surface area contributed by atoms with E-state index in [4.69, 9.17) is 4.42 Å². The molecule has 1 unspecified atom stereocenters. The highest BCUT2D eigenvalue weighted by atomic mass is 16.3. The molecule has 0 saturated carbocycles. The second-order valence-electron chi connectivity index (χ2n) is 18.3. The van der Waals surface area contributed by atoms with Crippen molar-refractivity contribution in [2.24, 2.45) is 0 Å². The molecule has 0 radical (unpaired) electrons. The van der Waals surface area contributed by atoms with Crippen LogP contribution in [0.2, 0.25) is 0 Å². The lowest BCUT2D eigenvalue weighted by Gasteiger charge is -2.26. The Labute approximate surface area is 381 Å². The van der Waals surface area contributed by atoms with Crippen LogP contribution in [-0.4, -0.2) is 0 Å². The van der Waals surface area contributed by atoms with Crippen molar-refractivity contribution in [3.05, 3.63) is 252 Å². The largest absolute Gasteiger partial charge is 0.456 e. The van der Waals surface area contributed by atoms with Crippen molar-refractivity contribution in [2.45, 2.75) is 38.0 Å². The quantitative estimate of drug-likeness (QED) is 0.141. The van der Waals surface area contributed by atoms with Gasteiger partial charge < -0.3 is 4.42 Å². The molecule has 1 heterocycles. The van der Waals surface area contributed by atoms with Gasteiger partial charge in [0.25, 0.3) is 0 Å². The minimum Gasteiger partial charge on any atom is -0.456 e. The molecule has 0 bridgehead atoms. The predicted molar refractivity (Wildman–Crippen MR) is 274 cm³/mol. The highest BCUT2D eigenvalue weighted by Crippen LogP contribution is 2.51. The summed E-state index contributed by atoms with van der Waals surface area (Å²) in [6, 6.07) is 82.8. The van der Waals surface area contributed by atoms with Gasteiger partial charge in [-0.15, -0.1) is 0 Å². The zero-order chi connectivity index (χ0) is 43.5. The highest BCUT2D eigenvalue weighted by Gasteiger charge is 2.36. The summed E-state index contributed by atoms with van der Waals surface area (Å²) in [5.74, 6) is 0.195. The van der Waals surface area contributed by atoms with Gasteiger partial charge in [0, 0.05) is 22.1 Å². The molecule has 0 spiro atoms. The van der Waals surface area contributed by atoms with E-state index in [1.165, 1.54) is 88.7 Å². The monoisotopic (exact) mass is 832 g/mol. The molecule has 0 amide bonds. The van der Waals surface area contributed by atoms with Crippen LogP contribution in [0, 0.1) is 0 Å². The van der Waals surface area contributed by atoms with E-state index in [0.29, 0.717) is 0 Å². The lowest BCUT2D eigenvalue weighted by Crippen LogP contribution is -2.16. The van der Waals surface area contributed by atoms with Gasteiger partial charge in [0.2, 0.25) is 0 Å². The standard InChI is InChI=1S/C64H48O/c1-64(2)60-39-48(43-13-5-3-6-14-43)30-34-56(60)57-35-32-50(40-61(57)64)52(55-38-37-51(47-15-7-4-8-16-47)53-17-9-10-18-54(53)55)33-23-42-21-24-44(25-22-42)45-26-28-46(29-27-45)49-31-36-59-58-19-11-12-20-62(58)65-63(59)41-49/h3-22,24-32,34-41,52H,23,33H2,1-2H3. The van der Waals surface area contributed by atoms with Crippen molar-refractivity contribution in [1.82, 2.24) is 0 Å². The molecule has 0 fully saturated rings. The third-order valence-electron chi connectivity index (χ3n) is 14.2. The molecule has 0 saturated heterocycles. The second kappa shape index (κ2) is 15.8. The van der Waals surface area contributed by atoms with Crippen LogP contribution in [-0.2, 0) is 11.8 Å². The maximum Gasteiger partial charge on any atom is 0.136 e. The first-order chi connectivity index (χ1) is 32.0. The van der Waals surface area contributed by atoms with Crippen molar-refractivity contribution in [2.75, 3.05) is 0 Å². The molecule has 1 aliphatic carbocycles. The van der Waals surface area contributed by atoms with E-state index in [2.05, 4.69) is 226 Å². The van der Waals surface area contributed by atoms with Crippen LogP contribution in [0.1, 0.15) is 54.0 Å². The Morgan fingerprint density at radius 2 is 0.877 bits per heavy atom. The SMILES string of the molecule is CC1(C)c2cc(-c3ccccc3)ccc2-c2ccc(C(CCc3ccc(-c4ccc(-c5ccc6c(c5)oc5ccccc56)cc4)cc3)c3ccc(-c4ccccc4)c4ccccc34)cc21. The van der Waals surface area contributed by atoms with E-state index in [0.717, 1.165) is 40.3 Å². The molecule has 10 aromatic carbocycles. The molecule has 310 valence electrons. The Morgan fingerprint density at radius 1 is 0.369 bits per heavy atom. The summed E-state index contributed by atoms with van der Waals surface area (Å²) >= 11 is 0. The maximum atomic E-state index is 6.20. The fourth-order valence-electron chi connectivity index (χ4n) is 10.7. The second-order valence-corrected chi connectivity index (χ2v) is 18.3. The molecule has 0 N–H and O–H groups in total. The van der Waals surface area contributed by atoms with Crippen molar-refractivity contribution in [1.29, 1.82) is 0 Å². The first-order valence-electron chi connectivity index (χ1n) is 23.0. The molecule has 0 aliphatic heterocycles. The zero-order valence-corrected chi connectivity index (χ0v) is 36.8. The number of aryl methyl sites for hydroxylation is 1. The Hall–Kier alpha value is -7.74. The van der Waals surface area contributed by atoms with Gasteiger partial charge in [-0.2, -0.15) is 0 Å². The topological polar surface area (TPSA) is 13.1 Å². The van der Waals surface area contributed by atoms with Crippen molar-refractivity contribution >= 4 is 32.7 Å². The molecule has 1 heteroatoms. The number of para-hydroxylation sites is 1. The van der Waals surface area contributed by atoms with Gasteiger partial charge in [0.05, 0.1) is 0 Å². The summed E-state index contributed by atoms with van der Waals surface area (Å²) < 4.78 is 6.20. The molecule has 12 rings (SSSR count). The summed E-state index contributed by atoms with van der Waals surface area (Å²) in [7, 11) is 0. The van der Waals surface area contributed by atoms with Gasteiger partial charge >= 0.3 is 0 Å². The summed E-state index contributed by atoms with van der Waals surface area (Å²) in [6.45, 7) is 4.82. The van der Waals surface area contributed by atoms with E-state index in [-0.39, 0.29) is 11.3 Å². The smallest absolute Gasteiger partial charge is 0.136 e. The molecular weight excluding hydrogens is 785 g/mol. The van der Waals surface area contributed by atoms with Crippen LogP contribution in [0.3, 0.4) is 0 Å². The Balaban J connectivity index is 0.862. The van der Waals surface area contributed by atoms with Gasteiger partial charge in [-0.1, -0.05) is 214 Å². The highest BCUT2D eigenvalue weighted by molar-refractivity contribution is 6.06. The number of furan rings is 1. The predicted octanol–water partition coefficient (Wildman–Crippen LogP) is 17.5. The third-order valence-corrected chi connectivity index (χ3v) is 14.2. The fraction of sp³-hybridized carbons (Fsp3) is 0.0938. The van der Waals surface area contributed by atoms with Gasteiger partial charge in [0.15, 0.2) is 0 Å². The van der Waals surface area contributed by atoms with Crippen molar-refractivity contribution in [3.8, 4) is 55.6 Å². The third kappa shape index (κ3) is 6.87. The molecule has 11 aromatic rings. The average Bonchev–Trinajstić information content (AvgIpc) is 3.85. The van der Waals surface area contributed by atoms with E-state index in [1.54, 1.807) is 0 Å². The van der Waals surface area contributed by atoms with Crippen LogP contribution in [0.4, 0.5) is 0 Å². The van der Waals surface area contributed by atoms with E-state index in [9.17, 15) is 0 Å². The van der Waals surface area contributed by atoms with Crippen molar-refractivity contribution < 1.29 is 4.42 Å². The number of hydrogen-bond donors (Lipinski definition) is 0. The normalized spacial score (nSPS) is 13.3. The van der Waals surface area contributed by atoms with Crippen LogP contribution in [0.25, 0.3) is 88.3 Å². The lowest BCUT2D eigenvalue weighted by atomic mass is 9.78. The van der Waals surface area contributed by atoms with E-state index < -0.39 is 0 Å². The summed E-state index contributed by atoms with van der Waals surface area (Å²) in [5.41, 5.74) is 21.2. The minimum absolute atomic E-state index is 0.134. The van der Waals surface area contributed by atoms with Gasteiger partial charge in [0.1, 0.15) is 11.2 Å². The number of rotatable bonds is 9. The van der Waals surface area contributed by atoms with Crippen LogP contribution >= 0.6 is 0 Å². The van der Waals surface area contributed by atoms with Gasteiger partial charge in [-0.25, -0.2) is 0 Å². The first kappa shape index (κ1) is 38.9. The summed E-state index contributed by atoms with van der Waals surface area (Å²) in [4.78, 5) is 0. The Kier molecular flexibility index (Phi) is 9.46. The van der Waals surface area contributed by atoms with Crippen LogP contribution < -0.4 is 0 Å². The van der Waals surface area contributed by atoms with Crippen molar-refractivity contribution in [3.63, 3.8) is 0 Å². The maximum absolute atomic E-state index is 6.20. The fourth-order valence-corrected chi connectivity index (χ4v) is 10.7. The summed E-state index contributed by atoms with van der Waals surface area (Å²) in [6.07, 6.45) is 1.95.